The summed E-state index contributed by atoms with van der Waals surface area (Å²) in [7, 11) is 0. The molecule has 0 fully saturated rings. The van der Waals surface area contributed by atoms with Crippen molar-refractivity contribution in [2.24, 2.45) is 5.10 Å². The minimum atomic E-state index is -0.211. The van der Waals surface area contributed by atoms with Gasteiger partial charge in [0.1, 0.15) is 0 Å². The fourth-order valence-electron chi connectivity index (χ4n) is 1.57. The van der Waals surface area contributed by atoms with Crippen LogP contribution in [-0.2, 0) is 4.79 Å². The van der Waals surface area contributed by atoms with E-state index in [9.17, 15) is 4.79 Å². The quantitative estimate of drug-likeness (QED) is 0.582. The smallest absolute Gasteiger partial charge is 0.259 e. The van der Waals surface area contributed by atoms with Crippen molar-refractivity contribution in [3.8, 4) is 0 Å². The molecule has 108 valence electrons. The van der Waals surface area contributed by atoms with Crippen molar-refractivity contribution in [2.75, 3.05) is 11.9 Å². The van der Waals surface area contributed by atoms with Gasteiger partial charge in [-0.25, -0.2) is 5.43 Å². The van der Waals surface area contributed by atoms with Crippen molar-refractivity contribution in [3.63, 3.8) is 0 Å². The number of carbonyl (C=O) groups excluding carboxylic acids is 1. The number of benzene rings is 2. The van der Waals surface area contributed by atoms with Crippen molar-refractivity contribution in [2.45, 2.75) is 0 Å². The second-order valence-electron chi connectivity index (χ2n) is 4.18. The molecule has 2 aromatic rings. The number of rotatable bonds is 5. The van der Waals surface area contributed by atoms with Crippen LogP contribution in [0.1, 0.15) is 5.56 Å². The zero-order valence-corrected chi connectivity index (χ0v) is 14.2. The molecule has 0 unspecified atom stereocenters. The van der Waals surface area contributed by atoms with Crippen LogP contribution >= 0.6 is 31.9 Å². The number of hydrogen-bond donors (Lipinski definition) is 2. The molecule has 0 aliphatic carbocycles. The average molecular weight is 411 g/mol. The standard InChI is InChI=1S/C15H13Br2N3O/c16-12-6-7-14(13(17)8-12)18-10-15(21)20-19-9-11-4-2-1-3-5-11/h1-9,18H,10H2,(H,20,21)/b19-9-. The van der Waals surface area contributed by atoms with Gasteiger partial charge in [0.05, 0.1) is 12.8 Å². The van der Waals surface area contributed by atoms with E-state index >= 15 is 0 Å². The number of hydrogen-bond acceptors (Lipinski definition) is 3. The molecule has 0 spiro atoms. The van der Waals surface area contributed by atoms with Crippen molar-refractivity contribution in [3.05, 3.63) is 63.0 Å². The van der Waals surface area contributed by atoms with Crippen molar-refractivity contribution < 1.29 is 4.79 Å². The summed E-state index contributed by atoms with van der Waals surface area (Å²) in [6, 6.07) is 15.3. The molecule has 2 N–H and O–H groups in total. The summed E-state index contributed by atoms with van der Waals surface area (Å²) in [5, 5.41) is 6.94. The highest BCUT2D eigenvalue weighted by Crippen LogP contribution is 2.25. The molecule has 0 aliphatic rings. The lowest BCUT2D eigenvalue weighted by Gasteiger charge is -2.07. The van der Waals surface area contributed by atoms with E-state index in [1.165, 1.54) is 0 Å². The Bertz CT molecular complexity index is 645. The Kier molecular flexibility index (Phi) is 5.95. The molecule has 0 atom stereocenters. The maximum Gasteiger partial charge on any atom is 0.259 e. The zero-order chi connectivity index (χ0) is 15.1. The molecule has 2 aromatic carbocycles. The molecule has 0 radical (unpaired) electrons. The van der Waals surface area contributed by atoms with Gasteiger partial charge in [-0.1, -0.05) is 46.3 Å². The number of nitrogens with zero attached hydrogens (tertiary/aromatic N) is 1. The number of amides is 1. The van der Waals surface area contributed by atoms with Crippen LogP contribution in [0.3, 0.4) is 0 Å². The first-order valence-corrected chi connectivity index (χ1v) is 7.79. The predicted molar refractivity (Wildman–Crippen MR) is 92.5 cm³/mol. The SMILES string of the molecule is O=C(CNc1ccc(Br)cc1Br)N/N=C\c1ccccc1. The minimum Gasteiger partial charge on any atom is -0.375 e. The first-order valence-electron chi connectivity index (χ1n) is 6.21. The van der Waals surface area contributed by atoms with Crippen LogP contribution < -0.4 is 10.7 Å². The van der Waals surface area contributed by atoms with Crippen LogP contribution in [0, 0.1) is 0 Å². The molecule has 0 saturated heterocycles. The van der Waals surface area contributed by atoms with Crippen LogP contribution in [0.4, 0.5) is 5.69 Å². The Balaban J connectivity index is 1.81. The number of anilines is 1. The third-order valence-electron chi connectivity index (χ3n) is 2.57. The lowest BCUT2D eigenvalue weighted by Crippen LogP contribution is -2.25. The van der Waals surface area contributed by atoms with Crippen molar-refractivity contribution in [1.29, 1.82) is 0 Å². The predicted octanol–water partition coefficient (Wildman–Crippen LogP) is 3.77. The zero-order valence-electron chi connectivity index (χ0n) is 11.0. The lowest BCUT2D eigenvalue weighted by atomic mass is 10.2. The van der Waals surface area contributed by atoms with Gasteiger partial charge in [-0.05, 0) is 39.7 Å². The van der Waals surface area contributed by atoms with E-state index in [2.05, 4.69) is 47.7 Å². The second kappa shape index (κ2) is 7.95. The normalized spacial score (nSPS) is 10.6. The van der Waals surface area contributed by atoms with Gasteiger partial charge in [-0.15, -0.1) is 0 Å². The maximum atomic E-state index is 11.7. The van der Waals surface area contributed by atoms with Gasteiger partial charge >= 0.3 is 0 Å². The Morgan fingerprint density at radius 1 is 1.14 bits per heavy atom. The van der Waals surface area contributed by atoms with E-state index in [1.807, 2.05) is 48.5 Å². The Hall–Kier alpha value is -1.66. The van der Waals surface area contributed by atoms with Gasteiger partial charge in [-0.2, -0.15) is 5.10 Å². The fraction of sp³-hybridized carbons (Fsp3) is 0.0667. The average Bonchev–Trinajstić information content (AvgIpc) is 2.47. The summed E-state index contributed by atoms with van der Waals surface area (Å²) >= 11 is 6.80. The topological polar surface area (TPSA) is 53.5 Å². The minimum absolute atomic E-state index is 0.145. The van der Waals surface area contributed by atoms with Gasteiger partial charge in [0.2, 0.25) is 0 Å². The summed E-state index contributed by atoms with van der Waals surface area (Å²) in [5.74, 6) is -0.211. The third-order valence-corrected chi connectivity index (χ3v) is 3.72. The fourth-order valence-corrected chi connectivity index (χ4v) is 2.75. The maximum absolute atomic E-state index is 11.7. The molecule has 0 bridgehead atoms. The highest BCUT2D eigenvalue weighted by Gasteiger charge is 2.03. The third kappa shape index (κ3) is 5.32. The monoisotopic (exact) mass is 409 g/mol. The van der Waals surface area contributed by atoms with Crippen molar-refractivity contribution in [1.82, 2.24) is 5.43 Å². The number of halogens is 2. The summed E-state index contributed by atoms with van der Waals surface area (Å²) in [6.07, 6.45) is 1.60. The summed E-state index contributed by atoms with van der Waals surface area (Å²) in [6.45, 7) is 0.145. The molecule has 1 amide bonds. The summed E-state index contributed by atoms with van der Waals surface area (Å²) in [5.41, 5.74) is 4.26. The van der Waals surface area contributed by atoms with E-state index in [0.717, 1.165) is 20.2 Å². The summed E-state index contributed by atoms with van der Waals surface area (Å²) in [4.78, 5) is 11.7. The Morgan fingerprint density at radius 2 is 1.90 bits per heavy atom. The molecular weight excluding hydrogens is 398 g/mol. The lowest BCUT2D eigenvalue weighted by molar-refractivity contribution is -0.119. The molecule has 0 heterocycles. The number of hydrazone groups is 1. The molecule has 0 aliphatic heterocycles. The molecule has 4 nitrogen and oxygen atoms in total. The largest absolute Gasteiger partial charge is 0.375 e. The second-order valence-corrected chi connectivity index (χ2v) is 5.95. The highest BCUT2D eigenvalue weighted by atomic mass is 79.9. The number of nitrogens with one attached hydrogen (secondary N) is 2. The van der Waals surface area contributed by atoms with Crippen LogP contribution in [0.2, 0.25) is 0 Å². The van der Waals surface area contributed by atoms with Crippen molar-refractivity contribution >= 4 is 49.7 Å². The van der Waals surface area contributed by atoms with E-state index in [-0.39, 0.29) is 12.5 Å². The van der Waals surface area contributed by atoms with Gasteiger partial charge in [0.25, 0.3) is 5.91 Å². The Labute approximate surface area is 139 Å². The Morgan fingerprint density at radius 3 is 2.62 bits per heavy atom. The molecule has 6 heteroatoms. The summed E-state index contributed by atoms with van der Waals surface area (Å²) < 4.78 is 1.86. The van der Waals surface area contributed by atoms with Gasteiger partial charge in [-0.3, -0.25) is 4.79 Å². The van der Waals surface area contributed by atoms with Crippen LogP contribution in [-0.4, -0.2) is 18.7 Å². The van der Waals surface area contributed by atoms with E-state index in [4.69, 9.17) is 0 Å². The van der Waals surface area contributed by atoms with Crippen LogP contribution in [0.25, 0.3) is 0 Å². The molecule has 0 aromatic heterocycles. The van der Waals surface area contributed by atoms with Gasteiger partial charge in [0, 0.05) is 14.6 Å². The molecule has 21 heavy (non-hydrogen) atoms. The first-order chi connectivity index (χ1) is 10.1. The van der Waals surface area contributed by atoms with Gasteiger partial charge in [0.15, 0.2) is 0 Å². The van der Waals surface area contributed by atoms with Crippen LogP contribution in [0.15, 0.2) is 62.6 Å². The van der Waals surface area contributed by atoms with Gasteiger partial charge < -0.3 is 5.32 Å². The molecule has 2 rings (SSSR count). The number of carbonyl (C=O) groups is 1. The molecular formula is C15H13Br2N3O. The molecule has 0 saturated carbocycles. The van der Waals surface area contributed by atoms with E-state index in [0.29, 0.717) is 0 Å². The van der Waals surface area contributed by atoms with E-state index < -0.39 is 0 Å². The first kappa shape index (κ1) is 15.7. The highest BCUT2D eigenvalue weighted by molar-refractivity contribution is 9.11. The van der Waals surface area contributed by atoms with E-state index in [1.54, 1.807) is 6.21 Å². The van der Waals surface area contributed by atoms with Crippen LogP contribution in [0.5, 0.6) is 0 Å².